The van der Waals surface area contributed by atoms with Gasteiger partial charge in [0.25, 0.3) is 0 Å². The lowest BCUT2D eigenvalue weighted by Gasteiger charge is -2.13. The van der Waals surface area contributed by atoms with E-state index in [0.717, 1.165) is 29.4 Å². The number of benzene rings is 1. The van der Waals surface area contributed by atoms with Gasteiger partial charge in [0.1, 0.15) is 18.2 Å². The van der Waals surface area contributed by atoms with Gasteiger partial charge >= 0.3 is 0 Å². The maximum Gasteiger partial charge on any atom is 0.139 e. The van der Waals surface area contributed by atoms with Crippen LogP contribution in [0.1, 0.15) is 34.3 Å². The Balaban J connectivity index is 2.00. The van der Waals surface area contributed by atoms with Gasteiger partial charge in [0.2, 0.25) is 0 Å². The van der Waals surface area contributed by atoms with Gasteiger partial charge in [-0.3, -0.25) is 0 Å². The number of hydrogen-bond donors (Lipinski definition) is 1. The molecule has 0 saturated heterocycles. The van der Waals surface area contributed by atoms with Crippen LogP contribution in [0.15, 0.2) is 24.3 Å². The Morgan fingerprint density at radius 1 is 1.20 bits per heavy atom. The highest BCUT2D eigenvalue weighted by Gasteiger charge is 2.28. The monoisotopic (exact) mass is 269 g/mol. The molecule has 104 valence electrons. The van der Waals surface area contributed by atoms with Gasteiger partial charge in [-0.15, -0.1) is 0 Å². The van der Waals surface area contributed by atoms with Crippen LogP contribution in [0.3, 0.4) is 0 Å². The first-order valence-corrected chi connectivity index (χ1v) is 6.96. The summed E-state index contributed by atoms with van der Waals surface area (Å²) < 4.78 is 5.72. The van der Waals surface area contributed by atoms with Crippen LogP contribution < -0.4 is 10.5 Å². The van der Waals surface area contributed by atoms with Crippen molar-refractivity contribution >= 4 is 0 Å². The summed E-state index contributed by atoms with van der Waals surface area (Å²) in [5, 5.41) is 0. The van der Waals surface area contributed by atoms with Gasteiger partial charge in [-0.2, -0.15) is 0 Å². The Kier molecular flexibility index (Phi) is 3.40. The minimum absolute atomic E-state index is 0.135. The van der Waals surface area contributed by atoms with Gasteiger partial charge in [0, 0.05) is 17.0 Å². The van der Waals surface area contributed by atoms with E-state index in [0.29, 0.717) is 13.2 Å². The van der Waals surface area contributed by atoms with Crippen molar-refractivity contribution in [2.75, 3.05) is 13.2 Å². The second-order valence-electron chi connectivity index (χ2n) is 5.17. The normalized spacial score (nSPS) is 16.9. The lowest BCUT2D eigenvalue weighted by atomic mass is 9.99. The van der Waals surface area contributed by atoms with Gasteiger partial charge < -0.3 is 10.5 Å². The zero-order valence-corrected chi connectivity index (χ0v) is 11.9. The SMILES string of the molecule is Cc1nc(C2COc3ccccc32)nc(C)c1CCN. The third-order valence-electron chi connectivity index (χ3n) is 3.84. The summed E-state index contributed by atoms with van der Waals surface area (Å²) in [7, 11) is 0. The zero-order valence-electron chi connectivity index (χ0n) is 11.9. The average Bonchev–Trinajstić information content (AvgIpc) is 2.86. The minimum atomic E-state index is 0.135. The molecule has 2 aromatic rings. The highest BCUT2D eigenvalue weighted by molar-refractivity contribution is 5.43. The first-order valence-electron chi connectivity index (χ1n) is 6.96. The quantitative estimate of drug-likeness (QED) is 0.927. The van der Waals surface area contributed by atoms with Gasteiger partial charge in [-0.05, 0) is 38.4 Å². The standard InChI is InChI=1S/C16H19N3O/c1-10-12(7-8-17)11(2)19-16(18-10)14-9-20-15-6-4-3-5-13(14)15/h3-6,14H,7-9,17H2,1-2H3. The highest BCUT2D eigenvalue weighted by atomic mass is 16.5. The van der Waals surface area contributed by atoms with Crippen molar-refractivity contribution in [2.45, 2.75) is 26.2 Å². The molecule has 0 saturated carbocycles. The highest BCUT2D eigenvalue weighted by Crippen LogP contribution is 2.36. The van der Waals surface area contributed by atoms with Crippen LogP contribution in [-0.2, 0) is 6.42 Å². The van der Waals surface area contributed by atoms with Gasteiger partial charge in [-0.25, -0.2) is 9.97 Å². The van der Waals surface area contributed by atoms with Crippen LogP contribution in [0.5, 0.6) is 5.75 Å². The second kappa shape index (κ2) is 5.21. The fraction of sp³-hybridized carbons (Fsp3) is 0.375. The summed E-state index contributed by atoms with van der Waals surface area (Å²) in [6, 6.07) is 8.11. The molecule has 2 N–H and O–H groups in total. The Morgan fingerprint density at radius 2 is 1.90 bits per heavy atom. The molecule has 1 aliphatic rings. The molecule has 3 rings (SSSR count). The molecule has 0 amide bonds. The number of aromatic nitrogens is 2. The minimum Gasteiger partial charge on any atom is -0.492 e. The van der Waals surface area contributed by atoms with Crippen molar-refractivity contribution < 1.29 is 4.74 Å². The molecule has 1 aliphatic heterocycles. The molecule has 1 aromatic heterocycles. The first-order chi connectivity index (χ1) is 9.70. The predicted octanol–water partition coefficient (Wildman–Crippen LogP) is 2.12. The van der Waals surface area contributed by atoms with E-state index in [1.54, 1.807) is 0 Å². The molecule has 0 radical (unpaired) electrons. The van der Waals surface area contributed by atoms with Crippen LogP contribution in [0, 0.1) is 13.8 Å². The number of nitrogens with two attached hydrogens (primary N) is 1. The molecular formula is C16H19N3O. The Hall–Kier alpha value is -1.94. The summed E-state index contributed by atoms with van der Waals surface area (Å²) in [6.45, 7) is 5.31. The molecule has 1 atom stereocenters. The van der Waals surface area contributed by atoms with Gasteiger partial charge in [-0.1, -0.05) is 18.2 Å². The third kappa shape index (κ3) is 2.16. The topological polar surface area (TPSA) is 61.0 Å². The maximum atomic E-state index is 5.72. The van der Waals surface area contributed by atoms with Crippen LogP contribution in [-0.4, -0.2) is 23.1 Å². The summed E-state index contributed by atoms with van der Waals surface area (Å²) in [5.74, 6) is 1.93. The van der Waals surface area contributed by atoms with E-state index in [1.807, 2.05) is 32.0 Å². The Labute approximate surface area is 119 Å². The lowest BCUT2D eigenvalue weighted by molar-refractivity contribution is 0.339. The van der Waals surface area contributed by atoms with E-state index in [1.165, 1.54) is 11.1 Å². The number of aryl methyl sites for hydroxylation is 2. The molecule has 4 heteroatoms. The van der Waals surface area contributed by atoms with Crippen LogP contribution in [0.25, 0.3) is 0 Å². The van der Waals surface area contributed by atoms with Crippen LogP contribution >= 0.6 is 0 Å². The van der Waals surface area contributed by atoms with E-state index < -0.39 is 0 Å². The summed E-state index contributed by atoms with van der Waals surface area (Å²) in [6.07, 6.45) is 0.829. The number of rotatable bonds is 3. The van der Waals surface area contributed by atoms with E-state index in [2.05, 4.69) is 16.0 Å². The van der Waals surface area contributed by atoms with Crippen LogP contribution in [0.2, 0.25) is 0 Å². The van der Waals surface area contributed by atoms with Crippen molar-refractivity contribution in [1.82, 2.24) is 9.97 Å². The summed E-state index contributed by atoms with van der Waals surface area (Å²) >= 11 is 0. The van der Waals surface area contributed by atoms with Crippen LogP contribution in [0.4, 0.5) is 0 Å². The molecule has 1 unspecified atom stereocenters. The summed E-state index contributed by atoms with van der Waals surface area (Å²) in [4.78, 5) is 9.37. The largest absolute Gasteiger partial charge is 0.492 e. The molecular weight excluding hydrogens is 250 g/mol. The summed E-state index contributed by atoms with van der Waals surface area (Å²) in [5.41, 5.74) is 10.1. The number of hydrogen-bond acceptors (Lipinski definition) is 4. The fourth-order valence-corrected chi connectivity index (χ4v) is 2.80. The van der Waals surface area contributed by atoms with E-state index >= 15 is 0 Å². The third-order valence-corrected chi connectivity index (χ3v) is 3.84. The lowest BCUT2D eigenvalue weighted by Crippen LogP contribution is -2.14. The van der Waals surface area contributed by atoms with Crippen molar-refractivity contribution in [3.05, 3.63) is 52.6 Å². The fourth-order valence-electron chi connectivity index (χ4n) is 2.80. The number of ether oxygens (including phenoxy) is 1. The zero-order chi connectivity index (χ0) is 14.1. The van der Waals surface area contributed by atoms with Crippen molar-refractivity contribution in [3.63, 3.8) is 0 Å². The molecule has 0 aliphatic carbocycles. The molecule has 20 heavy (non-hydrogen) atoms. The van der Waals surface area contributed by atoms with Crippen molar-refractivity contribution in [3.8, 4) is 5.75 Å². The first kappa shape index (κ1) is 13.1. The number of nitrogens with zero attached hydrogens (tertiary/aromatic N) is 2. The Morgan fingerprint density at radius 3 is 2.60 bits per heavy atom. The van der Waals surface area contributed by atoms with E-state index in [9.17, 15) is 0 Å². The van der Waals surface area contributed by atoms with Crippen molar-refractivity contribution in [1.29, 1.82) is 0 Å². The molecule has 0 fully saturated rings. The van der Waals surface area contributed by atoms with E-state index in [4.69, 9.17) is 10.5 Å². The van der Waals surface area contributed by atoms with E-state index in [-0.39, 0.29) is 5.92 Å². The molecule has 2 heterocycles. The molecule has 1 aromatic carbocycles. The van der Waals surface area contributed by atoms with Gasteiger partial charge in [0.05, 0.1) is 5.92 Å². The Bertz CT molecular complexity index is 616. The second-order valence-corrected chi connectivity index (χ2v) is 5.17. The molecule has 4 nitrogen and oxygen atoms in total. The van der Waals surface area contributed by atoms with Gasteiger partial charge in [0.15, 0.2) is 0 Å². The molecule has 0 spiro atoms. The molecule has 0 bridgehead atoms. The number of fused-ring (bicyclic) bond motifs is 1. The van der Waals surface area contributed by atoms with Crippen molar-refractivity contribution in [2.24, 2.45) is 5.73 Å². The smallest absolute Gasteiger partial charge is 0.139 e. The number of para-hydroxylation sites is 1. The predicted molar refractivity (Wildman–Crippen MR) is 78.0 cm³/mol. The maximum absolute atomic E-state index is 5.72. The average molecular weight is 269 g/mol.